The third-order valence-electron chi connectivity index (χ3n) is 3.96. The van der Waals surface area contributed by atoms with Gasteiger partial charge in [-0.25, -0.2) is 13.1 Å². The standard InChI is InChI=1S/C19H21N3O4S/c1-3-7-18-21-19(26-22-18)16-12-15(10-11-17(16)25-2)27(23,24)20-13-14-8-5-4-6-9-14/h4-6,8-12,20H,3,7,13H2,1-2H3. The van der Waals surface area contributed by atoms with Crippen LogP contribution in [-0.2, 0) is 23.0 Å². The van der Waals surface area contributed by atoms with Gasteiger partial charge in [-0.2, -0.15) is 4.98 Å². The minimum Gasteiger partial charge on any atom is -0.496 e. The number of methoxy groups -OCH3 is 1. The number of sulfonamides is 1. The maximum absolute atomic E-state index is 12.7. The molecular weight excluding hydrogens is 366 g/mol. The van der Waals surface area contributed by atoms with Crippen molar-refractivity contribution in [2.24, 2.45) is 0 Å². The first-order chi connectivity index (χ1) is 13.0. The van der Waals surface area contributed by atoms with Gasteiger partial charge < -0.3 is 9.26 Å². The second-order valence-electron chi connectivity index (χ2n) is 5.94. The first kappa shape index (κ1) is 19.1. The maximum atomic E-state index is 12.7. The van der Waals surface area contributed by atoms with E-state index in [1.54, 1.807) is 6.07 Å². The number of aryl methyl sites for hydroxylation is 1. The third-order valence-corrected chi connectivity index (χ3v) is 5.36. The smallest absolute Gasteiger partial charge is 0.261 e. The molecule has 3 rings (SSSR count). The Labute approximate surface area is 158 Å². The van der Waals surface area contributed by atoms with E-state index in [0.29, 0.717) is 23.6 Å². The molecule has 0 bridgehead atoms. The Morgan fingerprint density at radius 2 is 1.93 bits per heavy atom. The molecule has 0 aliphatic carbocycles. The van der Waals surface area contributed by atoms with Crippen molar-refractivity contribution >= 4 is 10.0 Å². The molecule has 27 heavy (non-hydrogen) atoms. The molecule has 0 fully saturated rings. The number of ether oxygens (including phenoxy) is 1. The fourth-order valence-electron chi connectivity index (χ4n) is 2.57. The quantitative estimate of drug-likeness (QED) is 0.638. The van der Waals surface area contributed by atoms with Crippen molar-refractivity contribution in [3.63, 3.8) is 0 Å². The van der Waals surface area contributed by atoms with Gasteiger partial charge in [0.15, 0.2) is 5.82 Å². The number of nitrogens with one attached hydrogen (secondary N) is 1. The summed E-state index contributed by atoms with van der Waals surface area (Å²) in [4.78, 5) is 4.42. The summed E-state index contributed by atoms with van der Waals surface area (Å²) in [6, 6.07) is 13.9. The molecule has 0 radical (unpaired) electrons. The highest BCUT2D eigenvalue weighted by Gasteiger charge is 2.20. The predicted molar refractivity (Wildman–Crippen MR) is 101 cm³/mol. The molecule has 0 aliphatic heterocycles. The van der Waals surface area contributed by atoms with Gasteiger partial charge in [0.2, 0.25) is 10.0 Å². The summed E-state index contributed by atoms with van der Waals surface area (Å²) in [5.74, 6) is 1.27. The van der Waals surface area contributed by atoms with E-state index >= 15 is 0 Å². The topological polar surface area (TPSA) is 94.3 Å². The molecule has 0 aliphatic rings. The van der Waals surface area contributed by atoms with Crippen LogP contribution in [-0.4, -0.2) is 25.7 Å². The van der Waals surface area contributed by atoms with Crippen LogP contribution in [0.3, 0.4) is 0 Å². The zero-order valence-corrected chi connectivity index (χ0v) is 16.0. The van der Waals surface area contributed by atoms with Crippen molar-refractivity contribution in [3.8, 4) is 17.2 Å². The van der Waals surface area contributed by atoms with E-state index in [-0.39, 0.29) is 17.3 Å². The summed E-state index contributed by atoms with van der Waals surface area (Å²) < 4.78 is 38.6. The number of nitrogens with zero attached hydrogens (tertiary/aromatic N) is 2. The number of hydrogen-bond acceptors (Lipinski definition) is 6. The highest BCUT2D eigenvalue weighted by molar-refractivity contribution is 7.89. The fraction of sp³-hybridized carbons (Fsp3) is 0.263. The molecule has 7 nitrogen and oxygen atoms in total. The van der Waals surface area contributed by atoms with Gasteiger partial charge in [-0.1, -0.05) is 42.4 Å². The van der Waals surface area contributed by atoms with Crippen LogP contribution < -0.4 is 9.46 Å². The van der Waals surface area contributed by atoms with Crippen LogP contribution in [0.4, 0.5) is 0 Å². The van der Waals surface area contributed by atoms with Gasteiger partial charge in [0, 0.05) is 13.0 Å². The van der Waals surface area contributed by atoms with Gasteiger partial charge in [0.05, 0.1) is 17.6 Å². The normalized spacial score (nSPS) is 11.5. The molecule has 8 heteroatoms. The van der Waals surface area contributed by atoms with Gasteiger partial charge >= 0.3 is 0 Å². The zero-order chi connectivity index (χ0) is 19.3. The molecule has 0 amide bonds. The van der Waals surface area contributed by atoms with Crippen LogP contribution >= 0.6 is 0 Å². The summed E-state index contributed by atoms with van der Waals surface area (Å²) in [5, 5.41) is 3.92. The van der Waals surface area contributed by atoms with Gasteiger partial charge in [0.25, 0.3) is 5.89 Å². The molecule has 0 saturated carbocycles. The first-order valence-corrected chi connectivity index (χ1v) is 10.1. The van der Waals surface area contributed by atoms with E-state index in [1.165, 1.54) is 19.2 Å². The molecule has 1 heterocycles. The molecule has 1 aromatic heterocycles. The highest BCUT2D eigenvalue weighted by Crippen LogP contribution is 2.31. The van der Waals surface area contributed by atoms with E-state index in [2.05, 4.69) is 14.9 Å². The maximum Gasteiger partial charge on any atom is 0.261 e. The van der Waals surface area contributed by atoms with Gasteiger partial charge in [-0.3, -0.25) is 0 Å². The lowest BCUT2D eigenvalue weighted by Crippen LogP contribution is -2.23. The lowest BCUT2D eigenvalue weighted by atomic mass is 10.2. The van der Waals surface area contributed by atoms with E-state index in [9.17, 15) is 8.42 Å². The van der Waals surface area contributed by atoms with Crippen LogP contribution in [0, 0.1) is 0 Å². The van der Waals surface area contributed by atoms with Crippen LogP contribution in [0.1, 0.15) is 24.7 Å². The molecule has 0 spiro atoms. The second-order valence-corrected chi connectivity index (χ2v) is 7.70. The highest BCUT2D eigenvalue weighted by atomic mass is 32.2. The van der Waals surface area contributed by atoms with Crippen molar-refractivity contribution in [3.05, 3.63) is 59.9 Å². The van der Waals surface area contributed by atoms with E-state index in [4.69, 9.17) is 9.26 Å². The predicted octanol–water partition coefficient (Wildman–Crippen LogP) is 3.18. The fourth-order valence-corrected chi connectivity index (χ4v) is 3.61. The SMILES string of the molecule is CCCc1noc(-c2cc(S(=O)(=O)NCc3ccccc3)ccc2OC)n1. The Kier molecular flexibility index (Phi) is 5.88. The van der Waals surface area contributed by atoms with Crippen molar-refractivity contribution in [2.75, 3.05) is 7.11 Å². The Morgan fingerprint density at radius 1 is 1.15 bits per heavy atom. The lowest BCUT2D eigenvalue weighted by Gasteiger charge is -2.10. The number of aromatic nitrogens is 2. The number of hydrogen-bond donors (Lipinski definition) is 1. The van der Waals surface area contributed by atoms with Crippen molar-refractivity contribution in [2.45, 2.75) is 31.2 Å². The minimum absolute atomic E-state index is 0.101. The summed E-state index contributed by atoms with van der Waals surface area (Å²) in [6.07, 6.45) is 1.57. The molecule has 0 unspecified atom stereocenters. The van der Waals surface area contributed by atoms with Crippen LogP contribution in [0.5, 0.6) is 5.75 Å². The Hall–Kier alpha value is -2.71. The Balaban J connectivity index is 1.89. The monoisotopic (exact) mass is 387 g/mol. The summed E-state index contributed by atoms with van der Waals surface area (Å²) >= 11 is 0. The minimum atomic E-state index is -3.71. The van der Waals surface area contributed by atoms with Crippen LogP contribution in [0.25, 0.3) is 11.5 Å². The van der Waals surface area contributed by atoms with Crippen molar-refractivity contribution in [1.29, 1.82) is 0 Å². The lowest BCUT2D eigenvalue weighted by molar-refractivity contribution is 0.402. The Bertz CT molecular complexity index is 1000. The van der Waals surface area contributed by atoms with Crippen molar-refractivity contribution in [1.82, 2.24) is 14.9 Å². The van der Waals surface area contributed by atoms with E-state index < -0.39 is 10.0 Å². The molecule has 142 valence electrons. The summed E-state index contributed by atoms with van der Waals surface area (Å²) in [7, 11) is -2.21. The van der Waals surface area contributed by atoms with Gasteiger partial charge in [-0.15, -0.1) is 0 Å². The molecule has 0 atom stereocenters. The molecular formula is C19H21N3O4S. The molecule has 3 aromatic rings. The number of benzene rings is 2. The summed E-state index contributed by atoms with van der Waals surface area (Å²) in [6.45, 7) is 2.22. The van der Waals surface area contributed by atoms with Gasteiger partial charge in [0.1, 0.15) is 5.75 Å². The number of rotatable bonds is 8. The van der Waals surface area contributed by atoms with Crippen LogP contribution in [0.15, 0.2) is 57.9 Å². The van der Waals surface area contributed by atoms with Crippen LogP contribution in [0.2, 0.25) is 0 Å². The second kappa shape index (κ2) is 8.32. The van der Waals surface area contributed by atoms with Gasteiger partial charge in [-0.05, 0) is 30.2 Å². The molecule has 1 N–H and O–H groups in total. The van der Waals surface area contributed by atoms with E-state index in [1.807, 2.05) is 37.3 Å². The third kappa shape index (κ3) is 4.53. The molecule has 2 aromatic carbocycles. The Morgan fingerprint density at radius 3 is 2.63 bits per heavy atom. The largest absolute Gasteiger partial charge is 0.496 e. The average Bonchev–Trinajstić information content (AvgIpc) is 3.15. The van der Waals surface area contributed by atoms with Crippen molar-refractivity contribution < 1.29 is 17.7 Å². The summed E-state index contributed by atoms with van der Waals surface area (Å²) in [5.41, 5.74) is 1.31. The average molecular weight is 387 g/mol. The first-order valence-electron chi connectivity index (χ1n) is 8.58. The van der Waals surface area contributed by atoms with E-state index in [0.717, 1.165) is 12.0 Å². The molecule has 0 saturated heterocycles. The zero-order valence-electron chi connectivity index (χ0n) is 15.2.